The molecule has 10 heteroatoms. The number of piperazine rings is 1. The molecule has 2 heterocycles. The fraction of sp³-hybridized carbons (Fsp3) is 0.429. The molecule has 1 aromatic rings. The molecule has 1 aromatic carbocycles. The average molecular weight is 349 g/mol. The molecular weight excluding hydrogens is 337 g/mol. The number of fused-ring (bicyclic) bond motifs is 1. The van der Waals surface area contributed by atoms with Gasteiger partial charge in [-0.15, -0.1) is 0 Å². The average Bonchev–Trinajstić information content (AvgIpc) is 2.54. The Balaban J connectivity index is 2.04. The number of benzene rings is 1. The van der Waals surface area contributed by atoms with Crippen molar-refractivity contribution < 1.29 is 31.5 Å². The van der Waals surface area contributed by atoms with Crippen LogP contribution >= 0.6 is 0 Å². The number of hydrogen-bond donors (Lipinski definition) is 1. The fourth-order valence-electron chi connectivity index (χ4n) is 2.79. The summed E-state index contributed by atoms with van der Waals surface area (Å²) < 4.78 is 70.3. The zero-order chi connectivity index (χ0) is 17.7. The van der Waals surface area contributed by atoms with Crippen LogP contribution in [0.4, 0.5) is 22.0 Å². The van der Waals surface area contributed by atoms with E-state index in [2.05, 4.69) is 0 Å². The summed E-state index contributed by atoms with van der Waals surface area (Å²) in [5.74, 6) is -8.87. The first kappa shape index (κ1) is 16.6. The summed E-state index contributed by atoms with van der Waals surface area (Å²) in [7, 11) is 0. The van der Waals surface area contributed by atoms with E-state index in [4.69, 9.17) is 0 Å². The van der Waals surface area contributed by atoms with Gasteiger partial charge in [0, 0.05) is 6.54 Å². The molecule has 5 nitrogen and oxygen atoms in total. The Kier molecular flexibility index (Phi) is 3.74. The number of alkyl halides is 5. The number of rotatable bonds is 2. The third-order valence-electron chi connectivity index (χ3n) is 4.04. The molecule has 2 fully saturated rings. The van der Waals surface area contributed by atoms with Crippen molar-refractivity contribution in [2.75, 3.05) is 6.54 Å². The number of nitrogens with one attached hydrogen (secondary N) is 1. The number of amides is 2. The van der Waals surface area contributed by atoms with Crippen LogP contribution in [0.3, 0.4) is 0 Å². The Hall–Kier alpha value is -2.23. The van der Waals surface area contributed by atoms with Crippen molar-refractivity contribution in [1.82, 2.24) is 15.1 Å². The van der Waals surface area contributed by atoms with Crippen molar-refractivity contribution >= 4 is 11.8 Å². The lowest BCUT2D eigenvalue weighted by molar-refractivity contribution is -0.327. The van der Waals surface area contributed by atoms with Crippen LogP contribution in [0.5, 0.6) is 0 Å². The van der Waals surface area contributed by atoms with E-state index in [1.165, 1.54) is 24.3 Å². The summed E-state index contributed by atoms with van der Waals surface area (Å²) in [5.41, 5.74) is 0.273. The fourth-order valence-corrected chi connectivity index (χ4v) is 2.79. The van der Waals surface area contributed by atoms with E-state index in [1.54, 1.807) is 6.07 Å². The highest BCUT2D eigenvalue weighted by Crippen LogP contribution is 2.46. The summed E-state index contributed by atoms with van der Waals surface area (Å²) in [4.78, 5) is 22.9. The van der Waals surface area contributed by atoms with Crippen LogP contribution in [0.15, 0.2) is 30.3 Å². The van der Waals surface area contributed by atoms with Gasteiger partial charge in [0.25, 0.3) is 12.2 Å². The van der Waals surface area contributed by atoms with Crippen LogP contribution in [-0.4, -0.2) is 52.6 Å². The second-order valence-corrected chi connectivity index (χ2v) is 5.50. The molecule has 0 radical (unpaired) electrons. The van der Waals surface area contributed by atoms with Crippen LogP contribution in [0.25, 0.3) is 0 Å². The van der Waals surface area contributed by atoms with Crippen LogP contribution in [0.1, 0.15) is 5.56 Å². The maximum Gasteiger partial charge on any atom is 0.401 e. The molecule has 24 heavy (non-hydrogen) atoms. The molecule has 2 aliphatic rings. The van der Waals surface area contributed by atoms with Crippen LogP contribution in [0.2, 0.25) is 0 Å². The molecule has 2 amide bonds. The molecule has 130 valence electrons. The highest BCUT2D eigenvalue weighted by Gasteiger charge is 2.73. The van der Waals surface area contributed by atoms with Gasteiger partial charge in [-0.05, 0) is 5.56 Å². The SMILES string of the molecule is O=C1NCC2N(C(=O)C(F)(F)C(F)(F)N2Cc2ccccc2)C1F. The number of halogens is 5. The Bertz CT molecular complexity index is 670. The van der Waals surface area contributed by atoms with E-state index >= 15 is 0 Å². The van der Waals surface area contributed by atoms with Crippen LogP contribution in [0, 0.1) is 0 Å². The Morgan fingerprint density at radius 2 is 1.75 bits per heavy atom. The van der Waals surface area contributed by atoms with Crippen molar-refractivity contribution in [3.63, 3.8) is 0 Å². The van der Waals surface area contributed by atoms with Gasteiger partial charge in [-0.3, -0.25) is 14.5 Å². The summed E-state index contributed by atoms with van der Waals surface area (Å²) >= 11 is 0. The Labute approximate surface area is 133 Å². The minimum absolute atomic E-state index is 0.0375. The van der Waals surface area contributed by atoms with Crippen LogP contribution < -0.4 is 5.32 Å². The van der Waals surface area contributed by atoms with Gasteiger partial charge < -0.3 is 5.32 Å². The van der Waals surface area contributed by atoms with E-state index in [1.807, 2.05) is 5.32 Å². The van der Waals surface area contributed by atoms with Gasteiger partial charge in [-0.2, -0.15) is 17.6 Å². The lowest BCUT2D eigenvalue weighted by Crippen LogP contribution is -2.78. The summed E-state index contributed by atoms with van der Waals surface area (Å²) in [6, 6.07) is 2.70. The molecule has 2 unspecified atom stereocenters. The molecule has 0 saturated carbocycles. The van der Waals surface area contributed by atoms with Gasteiger partial charge in [0.15, 0.2) is 0 Å². The zero-order valence-electron chi connectivity index (χ0n) is 12.1. The Morgan fingerprint density at radius 3 is 2.38 bits per heavy atom. The highest BCUT2D eigenvalue weighted by molar-refractivity contribution is 5.92. The minimum Gasteiger partial charge on any atom is -0.348 e. The lowest BCUT2D eigenvalue weighted by atomic mass is 10.0. The van der Waals surface area contributed by atoms with Crippen LogP contribution in [-0.2, 0) is 16.1 Å². The Morgan fingerprint density at radius 1 is 1.12 bits per heavy atom. The summed E-state index contributed by atoms with van der Waals surface area (Å²) in [6.45, 7) is -1.23. The molecular formula is C14H12F5N3O2. The molecule has 2 aliphatic heterocycles. The maximum absolute atomic E-state index is 14.3. The third kappa shape index (κ3) is 2.24. The monoisotopic (exact) mass is 349 g/mol. The largest absolute Gasteiger partial charge is 0.401 e. The first-order valence-electron chi connectivity index (χ1n) is 6.99. The smallest absolute Gasteiger partial charge is 0.348 e. The number of hydrogen-bond acceptors (Lipinski definition) is 3. The van der Waals surface area contributed by atoms with Gasteiger partial charge in [0.1, 0.15) is 6.17 Å². The molecule has 2 atom stereocenters. The van der Waals surface area contributed by atoms with E-state index in [-0.39, 0.29) is 15.4 Å². The second kappa shape index (κ2) is 5.40. The maximum atomic E-state index is 14.3. The molecule has 3 rings (SSSR count). The molecule has 0 spiro atoms. The van der Waals surface area contributed by atoms with E-state index in [0.29, 0.717) is 0 Å². The minimum atomic E-state index is -5.15. The quantitative estimate of drug-likeness (QED) is 0.647. The predicted octanol–water partition coefficient (Wildman–Crippen LogP) is 1.31. The van der Waals surface area contributed by atoms with Crippen molar-refractivity contribution in [1.29, 1.82) is 0 Å². The number of carbonyl (C=O) groups is 2. The van der Waals surface area contributed by atoms with Gasteiger partial charge in [0.05, 0.1) is 6.54 Å². The highest BCUT2D eigenvalue weighted by atomic mass is 19.3. The first-order valence-corrected chi connectivity index (χ1v) is 6.99. The molecule has 2 saturated heterocycles. The van der Waals surface area contributed by atoms with Crippen molar-refractivity contribution in [3.8, 4) is 0 Å². The van der Waals surface area contributed by atoms with Gasteiger partial charge in [-0.1, -0.05) is 30.3 Å². The number of carbonyl (C=O) groups excluding carboxylic acids is 2. The molecule has 0 aromatic heterocycles. The predicted molar refractivity (Wildman–Crippen MR) is 70.4 cm³/mol. The topological polar surface area (TPSA) is 52.7 Å². The van der Waals surface area contributed by atoms with Gasteiger partial charge in [-0.25, -0.2) is 9.29 Å². The van der Waals surface area contributed by atoms with E-state index < -0.39 is 49.3 Å². The summed E-state index contributed by atoms with van der Waals surface area (Å²) in [6.07, 6.45) is -4.48. The second-order valence-electron chi connectivity index (χ2n) is 5.50. The molecule has 0 bridgehead atoms. The van der Waals surface area contributed by atoms with Gasteiger partial charge in [0.2, 0.25) is 0 Å². The first-order chi connectivity index (χ1) is 11.2. The van der Waals surface area contributed by atoms with Crippen molar-refractivity contribution in [2.45, 2.75) is 31.0 Å². The van der Waals surface area contributed by atoms with Gasteiger partial charge >= 0.3 is 17.9 Å². The van der Waals surface area contributed by atoms with Crippen molar-refractivity contribution in [3.05, 3.63) is 35.9 Å². The van der Waals surface area contributed by atoms with Crippen molar-refractivity contribution in [2.24, 2.45) is 0 Å². The standard InChI is InChI=1S/C14H12F5N3O2/c15-10-11(23)20-6-9-21(7-8-4-2-1-3-5-8)14(18,19)13(16,17)12(24)22(9)10/h1-5,9-10H,6-7H2,(H,20,23). The third-order valence-corrected chi connectivity index (χ3v) is 4.04. The molecule has 1 N–H and O–H groups in total. The zero-order valence-corrected chi connectivity index (χ0v) is 12.1. The lowest BCUT2D eigenvalue weighted by Gasteiger charge is -2.52. The van der Waals surface area contributed by atoms with E-state index in [9.17, 15) is 31.5 Å². The number of nitrogens with zero attached hydrogens (tertiary/aromatic N) is 2. The van der Waals surface area contributed by atoms with E-state index in [0.717, 1.165) is 0 Å². The molecule has 0 aliphatic carbocycles. The summed E-state index contributed by atoms with van der Waals surface area (Å²) in [5, 5.41) is 2.00. The normalized spacial score (nSPS) is 29.1.